The Bertz CT molecular complexity index is 647. The molecule has 1 N–H and O–H groups in total. The molecular formula is C17H21NO3. The van der Waals surface area contributed by atoms with E-state index in [9.17, 15) is 4.79 Å². The van der Waals surface area contributed by atoms with Gasteiger partial charge in [-0.3, -0.25) is 4.90 Å². The number of hydrogen-bond acceptors (Lipinski definition) is 3. The fourth-order valence-electron chi connectivity index (χ4n) is 3.10. The minimum Gasteiger partial charge on any atom is -0.475 e. The van der Waals surface area contributed by atoms with Gasteiger partial charge in [0.25, 0.3) is 0 Å². The second-order valence-corrected chi connectivity index (χ2v) is 5.96. The molecule has 0 spiro atoms. The fraction of sp³-hybridized carbons (Fsp3) is 0.471. The van der Waals surface area contributed by atoms with Crippen LogP contribution in [0.3, 0.4) is 0 Å². The maximum atomic E-state index is 11.0. The van der Waals surface area contributed by atoms with Crippen molar-refractivity contribution in [1.82, 2.24) is 4.90 Å². The molecule has 1 aliphatic heterocycles. The standard InChI is InChI=1S/C17H21NO3/c1-12-5-3-2-4-8-18(12)11-13-6-7-15-14(9-13)10-16(21-15)17(19)20/h6-7,9-10,12H,2-5,8,11H2,1H3,(H,19,20). The molecule has 4 nitrogen and oxygen atoms in total. The normalized spacial score (nSPS) is 20.5. The highest BCUT2D eigenvalue weighted by Crippen LogP contribution is 2.23. The molecule has 1 saturated heterocycles. The van der Waals surface area contributed by atoms with Gasteiger partial charge in [-0.1, -0.05) is 18.9 Å². The van der Waals surface area contributed by atoms with Crippen LogP contribution in [0.2, 0.25) is 0 Å². The third-order valence-corrected chi connectivity index (χ3v) is 4.37. The van der Waals surface area contributed by atoms with Gasteiger partial charge in [0.1, 0.15) is 5.58 Å². The highest BCUT2D eigenvalue weighted by Gasteiger charge is 2.17. The lowest BCUT2D eigenvalue weighted by Gasteiger charge is -2.26. The van der Waals surface area contributed by atoms with Crippen LogP contribution >= 0.6 is 0 Å². The van der Waals surface area contributed by atoms with E-state index in [-0.39, 0.29) is 5.76 Å². The average Bonchev–Trinajstić information content (AvgIpc) is 2.78. The topological polar surface area (TPSA) is 53.7 Å². The summed E-state index contributed by atoms with van der Waals surface area (Å²) in [7, 11) is 0. The Labute approximate surface area is 124 Å². The minimum absolute atomic E-state index is 0.00490. The monoisotopic (exact) mass is 287 g/mol. The van der Waals surface area contributed by atoms with Crippen LogP contribution in [-0.2, 0) is 6.54 Å². The van der Waals surface area contributed by atoms with E-state index in [2.05, 4.69) is 11.8 Å². The molecule has 1 fully saturated rings. The summed E-state index contributed by atoms with van der Waals surface area (Å²) in [6, 6.07) is 8.17. The fourth-order valence-corrected chi connectivity index (χ4v) is 3.10. The van der Waals surface area contributed by atoms with Gasteiger partial charge in [-0.15, -0.1) is 0 Å². The predicted molar refractivity (Wildman–Crippen MR) is 81.5 cm³/mol. The first-order chi connectivity index (χ1) is 10.1. The number of nitrogens with zero attached hydrogens (tertiary/aromatic N) is 1. The van der Waals surface area contributed by atoms with Gasteiger partial charge in [-0.05, 0) is 50.1 Å². The van der Waals surface area contributed by atoms with Gasteiger partial charge in [-0.2, -0.15) is 0 Å². The summed E-state index contributed by atoms with van der Waals surface area (Å²) in [6.45, 7) is 4.36. The molecule has 1 unspecified atom stereocenters. The van der Waals surface area contributed by atoms with Crippen molar-refractivity contribution in [1.29, 1.82) is 0 Å². The Kier molecular flexibility index (Phi) is 3.97. The molecule has 2 heterocycles. The van der Waals surface area contributed by atoms with Crippen LogP contribution in [0, 0.1) is 0 Å². The van der Waals surface area contributed by atoms with Crippen molar-refractivity contribution in [2.75, 3.05) is 6.54 Å². The maximum absolute atomic E-state index is 11.0. The summed E-state index contributed by atoms with van der Waals surface area (Å²) < 4.78 is 5.30. The quantitative estimate of drug-likeness (QED) is 0.930. The third kappa shape index (κ3) is 3.10. The zero-order valence-electron chi connectivity index (χ0n) is 12.3. The highest BCUT2D eigenvalue weighted by atomic mass is 16.4. The SMILES string of the molecule is CC1CCCCCN1Cc1ccc2oc(C(=O)O)cc2c1. The first-order valence-corrected chi connectivity index (χ1v) is 7.63. The summed E-state index contributed by atoms with van der Waals surface area (Å²) in [5, 5.41) is 9.85. The molecule has 112 valence electrons. The second-order valence-electron chi connectivity index (χ2n) is 5.96. The van der Waals surface area contributed by atoms with Crippen LogP contribution in [0.15, 0.2) is 28.7 Å². The molecule has 1 aromatic heterocycles. The van der Waals surface area contributed by atoms with Crippen molar-refractivity contribution in [3.63, 3.8) is 0 Å². The number of fused-ring (bicyclic) bond motifs is 1. The molecule has 1 atom stereocenters. The van der Waals surface area contributed by atoms with E-state index < -0.39 is 5.97 Å². The molecule has 3 rings (SSSR count). The Hall–Kier alpha value is -1.81. The van der Waals surface area contributed by atoms with E-state index in [1.165, 1.54) is 31.2 Å². The van der Waals surface area contributed by atoms with Crippen molar-refractivity contribution < 1.29 is 14.3 Å². The zero-order chi connectivity index (χ0) is 14.8. The number of aromatic carboxylic acids is 1. The van der Waals surface area contributed by atoms with Crippen LogP contribution in [0.25, 0.3) is 11.0 Å². The molecule has 0 saturated carbocycles. The summed E-state index contributed by atoms with van der Waals surface area (Å²) >= 11 is 0. The number of likely N-dealkylation sites (tertiary alicyclic amines) is 1. The largest absolute Gasteiger partial charge is 0.475 e. The van der Waals surface area contributed by atoms with Gasteiger partial charge in [0.2, 0.25) is 5.76 Å². The van der Waals surface area contributed by atoms with Gasteiger partial charge < -0.3 is 9.52 Å². The first kappa shape index (κ1) is 14.1. The van der Waals surface area contributed by atoms with Crippen LogP contribution in [0.1, 0.15) is 48.7 Å². The number of furan rings is 1. The Balaban J connectivity index is 1.81. The summed E-state index contributed by atoms with van der Waals surface area (Å²) in [4.78, 5) is 13.5. The first-order valence-electron chi connectivity index (χ1n) is 7.63. The molecule has 21 heavy (non-hydrogen) atoms. The average molecular weight is 287 g/mol. The lowest BCUT2D eigenvalue weighted by atomic mass is 10.1. The van der Waals surface area contributed by atoms with E-state index in [1.807, 2.05) is 18.2 Å². The second kappa shape index (κ2) is 5.90. The Morgan fingerprint density at radius 3 is 3.00 bits per heavy atom. The van der Waals surface area contributed by atoms with Gasteiger partial charge >= 0.3 is 5.97 Å². The molecule has 1 aromatic carbocycles. The maximum Gasteiger partial charge on any atom is 0.371 e. The van der Waals surface area contributed by atoms with E-state index >= 15 is 0 Å². The van der Waals surface area contributed by atoms with Crippen LogP contribution in [-0.4, -0.2) is 28.6 Å². The van der Waals surface area contributed by atoms with Gasteiger partial charge in [0.05, 0.1) is 0 Å². The van der Waals surface area contributed by atoms with Crippen molar-refractivity contribution in [2.45, 2.75) is 45.2 Å². The molecule has 0 bridgehead atoms. The molecule has 0 radical (unpaired) electrons. The molecule has 1 aliphatic rings. The number of carboxylic acid groups (broad SMARTS) is 1. The van der Waals surface area contributed by atoms with Gasteiger partial charge in [0, 0.05) is 18.0 Å². The molecule has 0 aliphatic carbocycles. The zero-order valence-corrected chi connectivity index (χ0v) is 12.3. The minimum atomic E-state index is -1.02. The van der Waals surface area contributed by atoms with Crippen molar-refractivity contribution in [3.05, 3.63) is 35.6 Å². The van der Waals surface area contributed by atoms with Crippen LogP contribution < -0.4 is 0 Å². The number of carbonyl (C=O) groups is 1. The van der Waals surface area contributed by atoms with Crippen LogP contribution in [0.5, 0.6) is 0 Å². The summed E-state index contributed by atoms with van der Waals surface area (Å²) in [5.74, 6) is -1.01. The molecule has 4 heteroatoms. The van der Waals surface area contributed by atoms with Crippen molar-refractivity contribution >= 4 is 16.9 Å². The summed E-state index contributed by atoms with van der Waals surface area (Å²) in [5.41, 5.74) is 1.86. The van der Waals surface area contributed by atoms with Gasteiger partial charge in [-0.25, -0.2) is 4.79 Å². The third-order valence-electron chi connectivity index (χ3n) is 4.37. The van der Waals surface area contributed by atoms with E-state index in [0.717, 1.165) is 18.5 Å². The van der Waals surface area contributed by atoms with Crippen molar-refractivity contribution in [2.24, 2.45) is 0 Å². The number of carboxylic acids is 1. The molecule has 2 aromatic rings. The van der Waals surface area contributed by atoms with E-state index in [0.29, 0.717) is 11.6 Å². The Morgan fingerprint density at radius 1 is 1.33 bits per heavy atom. The predicted octanol–water partition coefficient (Wildman–Crippen LogP) is 3.90. The molecule has 0 amide bonds. The lowest BCUT2D eigenvalue weighted by Crippen LogP contribution is -2.31. The Morgan fingerprint density at radius 2 is 2.19 bits per heavy atom. The number of rotatable bonds is 3. The number of hydrogen-bond donors (Lipinski definition) is 1. The summed E-state index contributed by atoms with van der Waals surface area (Å²) in [6.07, 6.45) is 5.17. The van der Waals surface area contributed by atoms with E-state index in [4.69, 9.17) is 9.52 Å². The lowest BCUT2D eigenvalue weighted by molar-refractivity contribution is 0.0665. The van der Waals surface area contributed by atoms with Crippen molar-refractivity contribution in [3.8, 4) is 0 Å². The highest BCUT2D eigenvalue weighted by molar-refractivity contribution is 5.91. The number of benzene rings is 1. The van der Waals surface area contributed by atoms with Crippen LogP contribution in [0.4, 0.5) is 0 Å². The van der Waals surface area contributed by atoms with E-state index in [1.54, 1.807) is 6.07 Å². The smallest absolute Gasteiger partial charge is 0.371 e. The van der Waals surface area contributed by atoms with Gasteiger partial charge in [0.15, 0.2) is 0 Å². The molecular weight excluding hydrogens is 266 g/mol.